The quantitative estimate of drug-likeness (QED) is 0.792. The van der Waals surface area contributed by atoms with Crippen molar-refractivity contribution in [3.63, 3.8) is 0 Å². The molecule has 1 heterocycles. The van der Waals surface area contributed by atoms with Crippen LogP contribution in [0.3, 0.4) is 0 Å². The topological polar surface area (TPSA) is 47.1 Å². The molecule has 0 bridgehead atoms. The lowest BCUT2D eigenvalue weighted by atomic mass is 9.84. The van der Waals surface area contributed by atoms with Gasteiger partial charge in [-0.05, 0) is 37.7 Å². The molecule has 18 heavy (non-hydrogen) atoms. The molecule has 4 heteroatoms. The molecule has 0 unspecified atom stereocenters. The van der Waals surface area contributed by atoms with Gasteiger partial charge in [0.15, 0.2) is 0 Å². The lowest BCUT2D eigenvalue weighted by Gasteiger charge is -2.28. The van der Waals surface area contributed by atoms with Crippen LogP contribution in [0.15, 0.2) is 6.20 Å². The van der Waals surface area contributed by atoms with Crippen molar-refractivity contribution in [2.75, 3.05) is 20.3 Å². The average Bonchev–Trinajstić information content (AvgIpc) is 2.88. The highest BCUT2D eigenvalue weighted by Gasteiger charge is 2.25. The van der Waals surface area contributed by atoms with Crippen LogP contribution in [0.5, 0.6) is 0 Å². The molecule has 0 aromatic carbocycles. The number of hydrogen-bond acceptors (Lipinski definition) is 3. The van der Waals surface area contributed by atoms with Gasteiger partial charge in [0.05, 0.1) is 25.5 Å². The Balaban J connectivity index is 1.79. The van der Waals surface area contributed by atoms with Gasteiger partial charge in [-0.1, -0.05) is 6.92 Å². The zero-order valence-electron chi connectivity index (χ0n) is 11.4. The SMILES string of the molecule is CCc1cn[nH]c1C1CCC(OCCOC)CC1. The van der Waals surface area contributed by atoms with Crippen LogP contribution in [-0.4, -0.2) is 36.6 Å². The van der Waals surface area contributed by atoms with Gasteiger partial charge < -0.3 is 9.47 Å². The normalized spacial score (nSPS) is 24.3. The van der Waals surface area contributed by atoms with Gasteiger partial charge in [0.2, 0.25) is 0 Å². The van der Waals surface area contributed by atoms with E-state index in [9.17, 15) is 0 Å². The third-order valence-corrected chi connectivity index (χ3v) is 3.86. The van der Waals surface area contributed by atoms with E-state index < -0.39 is 0 Å². The molecule has 1 N–H and O–H groups in total. The molecular formula is C14H24N2O2. The van der Waals surface area contributed by atoms with Gasteiger partial charge >= 0.3 is 0 Å². The van der Waals surface area contributed by atoms with Gasteiger partial charge in [-0.3, -0.25) is 5.10 Å². The number of ether oxygens (including phenoxy) is 2. The van der Waals surface area contributed by atoms with Crippen molar-refractivity contribution in [2.24, 2.45) is 0 Å². The minimum Gasteiger partial charge on any atom is -0.382 e. The van der Waals surface area contributed by atoms with Gasteiger partial charge in [0.25, 0.3) is 0 Å². The Labute approximate surface area is 109 Å². The second kappa shape index (κ2) is 6.90. The maximum absolute atomic E-state index is 5.79. The summed E-state index contributed by atoms with van der Waals surface area (Å²) in [5.74, 6) is 0.643. The molecule has 1 aliphatic rings. The van der Waals surface area contributed by atoms with Crippen molar-refractivity contribution in [1.29, 1.82) is 0 Å². The molecule has 2 rings (SSSR count). The summed E-state index contributed by atoms with van der Waals surface area (Å²) in [4.78, 5) is 0. The van der Waals surface area contributed by atoms with E-state index in [-0.39, 0.29) is 0 Å². The summed E-state index contributed by atoms with van der Waals surface area (Å²) in [6, 6.07) is 0. The van der Waals surface area contributed by atoms with Gasteiger partial charge in [-0.2, -0.15) is 5.10 Å². The molecule has 1 aliphatic carbocycles. The zero-order valence-corrected chi connectivity index (χ0v) is 11.4. The summed E-state index contributed by atoms with van der Waals surface area (Å²) in [6.45, 7) is 3.60. The highest BCUT2D eigenvalue weighted by atomic mass is 16.5. The maximum atomic E-state index is 5.79. The molecule has 0 atom stereocenters. The third kappa shape index (κ3) is 3.33. The van der Waals surface area contributed by atoms with Crippen LogP contribution in [0.4, 0.5) is 0 Å². The van der Waals surface area contributed by atoms with E-state index in [0.717, 1.165) is 25.9 Å². The summed E-state index contributed by atoms with van der Waals surface area (Å²) in [6.07, 6.45) is 8.16. The van der Waals surface area contributed by atoms with Crippen molar-refractivity contribution in [3.8, 4) is 0 Å². The molecular weight excluding hydrogens is 228 g/mol. The highest BCUT2D eigenvalue weighted by molar-refractivity contribution is 5.20. The van der Waals surface area contributed by atoms with Crippen LogP contribution >= 0.6 is 0 Å². The number of nitrogens with zero attached hydrogens (tertiary/aromatic N) is 1. The predicted octanol–water partition coefficient (Wildman–Crippen LogP) is 2.66. The second-order valence-electron chi connectivity index (χ2n) is 5.00. The Morgan fingerprint density at radius 2 is 2.06 bits per heavy atom. The molecule has 1 saturated carbocycles. The lowest BCUT2D eigenvalue weighted by molar-refractivity contribution is -0.00300. The summed E-state index contributed by atoms with van der Waals surface area (Å²) in [5.41, 5.74) is 2.73. The smallest absolute Gasteiger partial charge is 0.0704 e. The molecule has 4 nitrogen and oxygen atoms in total. The van der Waals surface area contributed by atoms with E-state index in [2.05, 4.69) is 17.1 Å². The minimum absolute atomic E-state index is 0.421. The van der Waals surface area contributed by atoms with E-state index in [0.29, 0.717) is 18.6 Å². The van der Waals surface area contributed by atoms with E-state index in [4.69, 9.17) is 9.47 Å². The fraction of sp³-hybridized carbons (Fsp3) is 0.786. The van der Waals surface area contributed by atoms with Gasteiger partial charge in [0, 0.05) is 18.7 Å². The number of aromatic amines is 1. The number of hydrogen-bond donors (Lipinski definition) is 1. The molecule has 0 spiro atoms. The number of H-pyrrole nitrogens is 1. The van der Waals surface area contributed by atoms with Crippen molar-refractivity contribution >= 4 is 0 Å². The average molecular weight is 252 g/mol. The van der Waals surface area contributed by atoms with Crippen molar-refractivity contribution in [1.82, 2.24) is 10.2 Å². The molecule has 1 aromatic heterocycles. The molecule has 0 aliphatic heterocycles. The standard InChI is InChI=1S/C14H24N2O2/c1-3-11-10-15-16-14(11)12-4-6-13(7-5-12)18-9-8-17-2/h10,12-13H,3-9H2,1-2H3,(H,15,16). The summed E-state index contributed by atoms with van der Waals surface area (Å²) < 4.78 is 10.8. The number of nitrogens with one attached hydrogen (secondary N) is 1. The van der Waals surface area contributed by atoms with Crippen LogP contribution in [0.2, 0.25) is 0 Å². The highest BCUT2D eigenvalue weighted by Crippen LogP contribution is 2.34. The van der Waals surface area contributed by atoms with Gasteiger partial charge in [-0.15, -0.1) is 0 Å². The summed E-state index contributed by atoms with van der Waals surface area (Å²) >= 11 is 0. The van der Waals surface area contributed by atoms with Crippen molar-refractivity contribution < 1.29 is 9.47 Å². The first-order valence-corrected chi connectivity index (χ1v) is 6.97. The Morgan fingerprint density at radius 3 is 2.72 bits per heavy atom. The first-order chi connectivity index (χ1) is 8.85. The molecule has 0 amide bonds. The number of methoxy groups -OCH3 is 1. The number of aromatic nitrogens is 2. The zero-order chi connectivity index (χ0) is 12.8. The molecule has 102 valence electrons. The number of aryl methyl sites for hydroxylation is 1. The Hall–Kier alpha value is -0.870. The summed E-state index contributed by atoms with van der Waals surface area (Å²) in [7, 11) is 1.71. The lowest BCUT2D eigenvalue weighted by Crippen LogP contribution is -2.22. The Bertz CT molecular complexity index is 343. The van der Waals surface area contributed by atoms with Crippen LogP contribution < -0.4 is 0 Å². The first kappa shape index (κ1) is 13.6. The van der Waals surface area contributed by atoms with Gasteiger partial charge in [0.1, 0.15) is 0 Å². The van der Waals surface area contributed by atoms with Crippen LogP contribution in [0.1, 0.15) is 49.8 Å². The van der Waals surface area contributed by atoms with Crippen molar-refractivity contribution in [2.45, 2.75) is 51.0 Å². The molecule has 0 saturated heterocycles. The largest absolute Gasteiger partial charge is 0.382 e. The molecule has 0 radical (unpaired) electrons. The fourth-order valence-electron chi connectivity index (χ4n) is 2.77. The fourth-order valence-corrected chi connectivity index (χ4v) is 2.77. The number of rotatable bonds is 6. The van der Waals surface area contributed by atoms with E-state index in [1.54, 1.807) is 7.11 Å². The van der Waals surface area contributed by atoms with Crippen LogP contribution in [0.25, 0.3) is 0 Å². The Kier molecular flexibility index (Phi) is 5.20. The third-order valence-electron chi connectivity index (χ3n) is 3.86. The van der Waals surface area contributed by atoms with Crippen LogP contribution in [-0.2, 0) is 15.9 Å². The van der Waals surface area contributed by atoms with E-state index in [1.807, 2.05) is 6.20 Å². The van der Waals surface area contributed by atoms with Crippen LogP contribution in [0, 0.1) is 0 Å². The van der Waals surface area contributed by atoms with E-state index in [1.165, 1.54) is 24.1 Å². The first-order valence-electron chi connectivity index (χ1n) is 6.97. The second-order valence-corrected chi connectivity index (χ2v) is 5.00. The summed E-state index contributed by atoms with van der Waals surface area (Å²) in [5, 5.41) is 7.36. The van der Waals surface area contributed by atoms with Gasteiger partial charge in [-0.25, -0.2) is 0 Å². The molecule has 1 fully saturated rings. The Morgan fingerprint density at radius 1 is 1.28 bits per heavy atom. The van der Waals surface area contributed by atoms with Crippen molar-refractivity contribution in [3.05, 3.63) is 17.5 Å². The monoisotopic (exact) mass is 252 g/mol. The van der Waals surface area contributed by atoms with E-state index >= 15 is 0 Å². The maximum Gasteiger partial charge on any atom is 0.0704 e. The molecule has 1 aromatic rings. The predicted molar refractivity (Wildman–Crippen MR) is 70.8 cm³/mol. The minimum atomic E-state index is 0.421.